The maximum atomic E-state index is 12.5. The van der Waals surface area contributed by atoms with E-state index in [9.17, 15) is 4.79 Å². The highest BCUT2D eigenvalue weighted by Crippen LogP contribution is 2.31. The molecule has 2 N–H and O–H groups in total. The van der Waals surface area contributed by atoms with Crippen LogP contribution in [0.5, 0.6) is 0 Å². The Hall–Kier alpha value is -3.49. The fraction of sp³-hybridized carbons (Fsp3) is 0.370. The van der Waals surface area contributed by atoms with E-state index in [0.717, 1.165) is 34.0 Å². The third-order valence-electron chi connectivity index (χ3n) is 6.02. The summed E-state index contributed by atoms with van der Waals surface area (Å²) in [4.78, 5) is 12.5. The SMILES string of the molecule is CC(C)CC(c1ccc(C(=O)NCCCOCO)cc1)n1ncc2cc(-c3cnn(C)c3)ccc21. The van der Waals surface area contributed by atoms with Gasteiger partial charge in [0, 0.05) is 36.3 Å². The Morgan fingerprint density at radius 1 is 1.09 bits per heavy atom. The van der Waals surface area contributed by atoms with Crippen molar-refractivity contribution in [3.8, 4) is 11.1 Å². The van der Waals surface area contributed by atoms with Crippen molar-refractivity contribution < 1.29 is 14.6 Å². The molecule has 35 heavy (non-hydrogen) atoms. The molecule has 0 aliphatic rings. The maximum Gasteiger partial charge on any atom is 0.251 e. The van der Waals surface area contributed by atoms with E-state index in [1.165, 1.54) is 0 Å². The normalized spacial score (nSPS) is 12.4. The van der Waals surface area contributed by atoms with Crippen LogP contribution in [-0.4, -0.2) is 50.5 Å². The summed E-state index contributed by atoms with van der Waals surface area (Å²) in [5.41, 5.74) is 5.01. The average Bonchev–Trinajstić information content (AvgIpc) is 3.48. The number of amides is 1. The van der Waals surface area contributed by atoms with Crippen LogP contribution in [0.15, 0.2) is 61.1 Å². The van der Waals surface area contributed by atoms with E-state index >= 15 is 0 Å². The number of hydrogen-bond acceptors (Lipinski definition) is 5. The molecule has 2 aromatic carbocycles. The van der Waals surface area contributed by atoms with Gasteiger partial charge in [-0.1, -0.05) is 32.0 Å². The molecule has 2 heterocycles. The van der Waals surface area contributed by atoms with Gasteiger partial charge < -0.3 is 15.2 Å². The Bertz CT molecular complexity index is 1260. The summed E-state index contributed by atoms with van der Waals surface area (Å²) in [6.07, 6.45) is 7.37. The van der Waals surface area contributed by atoms with Gasteiger partial charge in [0.05, 0.1) is 30.6 Å². The molecule has 4 aromatic rings. The lowest BCUT2D eigenvalue weighted by molar-refractivity contribution is -0.00192. The largest absolute Gasteiger partial charge is 0.371 e. The number of nitrogens with zero attached hydrogens (tertiary/aromatic N) is 4. The van der Waals surface area contributed by atoms with Crippen LogP contribution in [0.4, 0.5) is 0 Å². The zero-order valence-corrected chi connectivity index (χ0v) is 20.5. The number of hydrogen-bond donors (Lipinski definition) is 2. The molecule has 1 atom stereocenters. The van der Waals surface area contributed by atoms with E-state index in [4.69, 9.17) is 14.9 Å². The highest BCUT2D eigenvalue weighted by Gasteiger charge is 2.19. The Kier molecular flexibility index (Phi) is 7.94. The summed E-state index contributed by atoms with van der Waals surface area (Å²) in [6.45, 7) is 5.03. The molecule has 0 fully saturated rings. The second-order valence-corrected chi connectivity index (χ2v) is 9.18. The minimum absolute atomic E-state index is 0.0597. The number of benzene rings is 2. The lowest BCUT2D eigenvalue weighted by Crippen LogP contribution is -2.25. The van der Waals surface area contributed by atoms with Crippen molar-refractivity contribution in [2.24, 2.45) is 13.0 Å². The van der Waals surface area contributed by atoms with Gasteiger partial charge >= 0.3 is 0 Å². The molecule has 0 radical (unpaired) electrons. The molecule has 1 unspecified atom stereocenters. The minimum atomic E-state index is -0.301. The zero-order valence-electron chi connectivity index (χ0n) is 20.5. The number of aryl methyl sites for hydroxylation is 1. The highest BCUT2D eigenvalue weighted by molar-refractivity contribution is 5.94. The standard InChI is InChI=1S/C27H33N5O3/c1-19(2)13-26(20-5-7-21(8-6-20)27(34)28-11-4-12-35-18-33)32-25-10-9-22(14-23(25)15-30-32)24-16-29-31(3)17-24/h5-10,14-17,19,26,33H,4,11-13,18H2,1-3H3,(H,28,34). The van der Waals surface area contributed by atoms with Crippen molar-refractivity contribution in [2.75, 3.05) is 19.9 Å². The summed E-state index contributed by atoms with van der Waals surface area (Å²) < 4.78 is 8.78. The van der Waals surface area contributed by atoms with Crippen molar-refractivity contribution in [3.63, 3.8) is 0 Å². The van der Waals surface area contributed by atoms with E-state index in [-0.39, 0.29) is 18.7 Å². The predicted octanol–water partition coefficient (Wildman–Crippen LogP) is 4.16. The van der Waals surface area contributed by atoms with Gasteiger partial charge in [-0.2, -0.15) is 10.2 Å². The molecule has 0 spiro atoms. The highest BCUT2D eigenvalue weighted by atomic mass is 16.6. The Balaban J connectivity index is 1.54. The third-order valence-corrected chi connectivity index (χ3v) is 6.02. The molecular weight excluding hydrogens is 442 g/mol. The first-order valence-corrected chi connectivity index (χ1v) is 12.0. The second-order valence-electron chi connectivity index (χ2n) is 9.18. The van der Waals surface area contributed by atoms with Crippen molar-refractivity contribution in [1.29, 1.82) is 0 Å². The first-order valence-electron chi connectivity index (χ1n) is 12.0. The molecule has 8 heteroatoms. The molecule has 0 saturated heterocycles. The number of aliphatic hydroxyl groups is 1. The molecule has 0 saturated carbocycles. The van der Waals surface area contributed by atoms with E-state index in [0.29, 0.717) is 31.1 Å². The molecule has 1 amide bonds. The molecule has 8 nitrogen and oxygen atoms in total. The monoisotopic (exact) mass is 475 g/mol. The summed E-state index contributed by atoms with van der Waals surface area (Å²) in [6, 6.07) is 14.2. The molecule has 0 aliphatic heterocycles. The van der Waals surface area contributed by atoms with Gasteiger partial charge in [0.25, 0.3) is 5.91 Å². The van der Waals surface area contributed by atoms with Crippen molar-refractivity contribution in [2.45, 2.75) is 32.7 Å². The number of aliphatic hydroxyl groups excluding tert-OH is 1. The van der Waals surface area contributed by atoms with Gasteiger partial charge in [-0.25, -0.2) is 0 Å². The van der Waals surface area contributed by atoms with Crippen LogP contribution in [0.2, 0.25) is 0 Å². The first kappa shape index (κ1) is 24.6. The van der Waals surface area contributed by atoms with Gasteiger partial charge in [0.15, 0.2) is 0 Å². The van der Waals surface area contributed by atoms with Crippen molar-refractivity contribution in [3.05, 3.63) is 72.2 Å². The summed E-state index contributed by atoms with van der Waals surface area (Å²) in [5.74, 6) is 0.353. The number of carbonyl (C=O) groups is 1. The third kappa shape index (κ3) is 5.96. The van der Waals surface area contributed by atoms with Crippen LogP contribution < -0.4 is 5.32 Å². The quantitative estimate of drug-likeness (QED) is 0.251. The number of fused-ring (bicyclic) bond motifs is 1. The Labute approximate surface area is 205 Å². The maximum absolute atomic E-state index is 12.5. The number of aromatic nitrogens is 4. The molecule has 2 aromatic heterocycles. The Morgan fingerprint density at radius 2 is 1.89 bits per heavy atom. The van der Waals surface area contributed by atoms with Crippen LogP contribution in [-0.2, 0) is 11.8 Å². The van der Waals surface area contributed by atoms with E-state index in [1.807, 2.05) is 49.9 Å². The van der Waals surface area contributed by atoms with Crippen LogP contribution >= 0.6 is 0 Å². The summed E-state index contributed by atoms with van der Waals surface area (Å²) >= 11 is 0. The summed E-state index contributed by atoms with van der Waals surface area (Å²) in [5, 5.41) is 21.7. The van der Waals surface area contributed by atoms with E-state index in [2.05, 4.69) is 47.1 Å². The Morgan fingerprint density at radius 3 is 2.57 bits per heavy atom. The first-order chi connectivity index (χ1) is 17.0. The molecule has 0 bridgehead atoms. The fourth-order valence-corrected chi connectivity index (χ4v) is 4.27. The number of ether oxygens (including phenoxy) is 1. The van der Waals surface area contributed by atoms with Crippen LogP contribution in [0.3, 0.4) is 0 Å². The van der Waals surface area contributed by atoms with Crippen LogP contribution in [0.1, 0.15) is 48.7 Å². The summed E-state index contributed by atoms with van der Waals surface area (Å²) in [7, 11) is 1.92. The van der Waals surface area contributed by atoms with Gasteiger partial charge in [0.2, 0.25) is 0 Å². The lowest BCUT2D eigenvalue weighted by Gasteiger charge is -2.21. The fourth-order valence-electron chi connectivity index (χ4n) is 4.27. The predicted molar refractivity (Wildman–Crippen MR) is 136 cm³/mol. The van der Waals surface area contributed by atoms with Crippen molar-refractivity contribution in [1.82, 2.24) is 24.9 Å². The number of nitrogens with one attached hydrogen (secondary N) is 1. The van der Waals surface area contributed by atoms with Gasteiger partial charge in [-0.3, -0.25) is 14.2 Å². The molecule has 4 rings (SSSR count). The lowest BCUT2D eigenvalue weighted by atomic mass is 9.96. The second kappa shape index (κ2) is 11.3. The number of rotatable bonds is 11. The molecule has 0 aliphatic carbocycles. The topological polar surface area (TPSA) is 94.2 Å². The molecular formula is C27H33N5O3. The van der Waals surface area contributed by atoms with Gasteiger partial charge in [0.1, 0.15) is 6.79 Å². The zero-order chi connectivity index (χ0) is 24.8. The molecule has 184 valence electrons. The van der Waals surface area contributed by atoms with Crippen LogP contribution in [0.25, 0.3) is 22.0 Å². The van der Waals surface area contributed by atoms with E-state index < -0.39 is 0 Å². The smallest absolute Gasteiger partial charge is 0.251 e. The van der Waals surface area contributed by atoms with E-state index in [1.54, 1.807) is 4.68 Å². The van der Waals surface area contributed by atoms with Gasteiger partial charge in [-0.15, -0.1) is 0 Å². The van der Waals surface area contributed by atoms with Crippen LogP contribution in [0, 0.1) is 5.92 Å². The number of carbonyl (C=O) groups excluding carboxylic acids is 1. The minimum Gasteiger partial charge on any atom is -0.371 e. The van der Waals surface area contributed by atoms with Crippen molar-refractivity contribution >= 4 is 16.8 Å². The average molecular weight is 476 g/mol. The van der Waals surface area contributed by atoms with Gasteiger partial charge in [-0.05, 0) is 54.2 Å².